The van der Waals surface area contributed by atoms with Crippen LogP contribution in [-0.2, 0) is 4.79 Å². The second-order valence-corrected chi connectivity index (χ2v) is 7.83. The van der Waals surface area contributed by atoms with Crippen LogP contribution in [0.5, 0.6) is 0 Å². The molecule has 0 aliphatic carbocycles. The molecule has 0 atom stereocenters. The number of carbonyl (C=O) groups excluding carboxylic acids is 2. The van der Waals surface area contributed by atoms with Crippen LogP contribution in [-0.4, -0.2) is 39.6 Å². The van der Waals surface area contributed by atoms with Gasteiger partial charge in [-0.3, -0.25) is 14.4 Å². The van der Waals surface area contributed by atoms with Gasteiger partial charge in [0, 0.05) is 17.6 Å². The third-order valence-corrected chi connectivity index (χ3v) is 5.05. The highest BCUT2D eigenvalue weighted by Gasteiger charge is 2.24. The van der Waals surface area contributed by atoms with Gasteiger partial charge in [-0.15, -0.1) is 0 Å². The Labute approximate surface area is 181 Å². The summed E-state index contributed by atoms with van der Waals surface area (Å²) in [5.41, 5.74) is 1.61. The Morgan fingerprint density at radius 2 is 1.71 bits per heavy atom. The first kappa shape index (κ1) is 22.2. The highest BCUT2D eigenvalue weighted by molar-refractivity contribution is 6.06. The molecule has 0 aliphatic rings. The van der Waals surface area contributed by atoms with Crippen molar-refractivity contribution in [1.82, 2.24) is 14.7 Å². The van der Waals surface area contributed by atoms with Crippen LogP contribution in [0.15, 0.2) is 53.3 Å². The van der Waals surface area contributed by atoms with E-state index in [0.29, 0.717) is 29.4 Å². The van der Waals surface area contributed by atoms with Crippen molar-refractivity contribution in [2.24, 2.45) is 0 Å². The van der Waals surface area contributed by atoms with Gasteiger partial charge in [0.25, 0.3) is 11.5 Å². The van der Waals surface area contributed by atoms with Crippen LogP contribution in [0.25, 0.3) is 10.8 Å². The fourth-order valence-corrected chi connectivity index (χ4v) is 3.46. The number of nitrogens with zero attached hydrogens (tertiary/aromatic N) is 3. The van der Waals surface area contributed by atoms with E-state index in [9.17, 15) is 14.4 Å². The fraction of sp³-hybridized carbons (Fsp3) is 0.333. The van der Waals surface area contributed by atoms with Crippen molar-refractivity contribution in [2.75, 3.05) is 18.4 Å². The van der Waals surface area contributed by atoms with E-state index in [-0.39, 0.29) is 35.7 Å². The van der Waals surface area contributed by atoms with E-state index in [1.807, 2.05) is 52.0 Å². The number of aryl methyl sites for hydroxylation is 1. The van der Waals surface area contributed by atoms with Crippen LogP contribution in [0.4, 0.5) is 5.69 Å². The molecule has 0 aliphatic heterocycles. The quantitative estimate of drug-likeness (QED) is 0.630. The van der Waals surface area contributed by atoms with Crippen LogP contribution in [0.3, 0.4) is 0 Å². The predicted octanol–water partition coefficient (Wildman–Crippen LogP) is 3.78. The van der Waals surface area contributed by atoms with Gasteiger partial charge < -0.3 is 10.2 Å². The first-order valence-electron chi connectivity index (χ1n) is 10.5. The Hall–Kier alpha value is -3.48. The smallest absolute Gasteiger partial charge is 0.275 e. The van der Waals surface area contributed by atoms with Gasteiger partial charge in [-0.1, -0.05) is 43.3 Å². The Bertz CT molecular complexity index is 1170. The Kier molecular flexibility index (Phi) is 6.84. The maximum atomic E-state index is 13.5. The van der Waals surface area contributed by atoms with Crippen molar-refractivity contribution in [3.8, 4) is 0 Å². The predicted molar refractivity (Wildman–Crippen MR) is 122 cm³/mol. The number of benzene rings is 2. The lowest BCUT2D eigenvalue weighted by atomic mass is 10.1. The number of nitrogens with one attached hydrogen (secondary N) is 1. The number of carbonyl (C=O) groups is 2. The first-order chi connectivity index (χ1) is 14.8. The summed E-state index contributed by atoms with van der Waals surface area (Å²) >= 11 is 0. The number of hydrogen-bond acceptors (Lipinski definition) is 4. The summed E-state index contributed by atoms with van der Waals surface area (Å²) < 4.78 is 1.33. The molecule has 1 heterocycles. The van der Waals surface area contributed by atoms with Gasteiger partial charge in [0.05, 0.1) is 11.4 Å². The topological polar surface area (TPSA) is 84.3 Å². The van der Waals surface area contributed by atoms with Crippen LogP contribution < -0.4 is 10.9 Å². The van der Waals surface area contributed by atoms with Crippen molar-refractivity contribution < 1.29 is 9.59 Å². The highest BCUT2D eigenvalue weighted by Crippen LogP contribution is 2.18. The summed E-state index contributed by atoms with van der Waals surface area (Å²) in [4.78, 5) is 40.4. The molecule has 0 bridgehead atoms. The van der Waals surface area contributed by atoms with E-state index in [1.54, 1.807) is 24.3 Å². The molecule has 0 saturated carbocycles. The van der Waals surface area contributed by atoms with Crippen LogP contribution in [0, 0.1) is 6.92 Å². The summed E-state index contributed by atoms with van der Waals surface area (Å²) in [7, 11) is 0. The minimum atomic E-state index is -0.368. The number of para-hydroxylation sites is 1. The molecule has 1 aromatic heterocycles. The van der Waals surface area contributed by atoms with Crippen LogP contribution in [0.1, 0.15) is 49.3 Å². The molecule has 0 spiro atoms. The monoisotopic (exact) mass is 420 g/mol. The molecule has 2 amide bonds. The molecule has 0 radical (unpaired) electrons. The van der Waals surface area contributed by atoms with E-state index in [1.165, 1.54) is 9.58 Å². The average Bonchev–Trinajstić information content (AvgIpc) is 2.75. The Morgan fingerprint density at radius 1 is 1.06 bits per heavy atom. The van der Waals surface area contributed by atoms with Crippen molar-refractivity contribution in [1.29, 1.82) is 0 Å². The Balaban J connectivity index is 1.95. The Morgan fingerprint density at radius 3 is 2.35 bits per heavy atom. The van der Waals surface area contributed by atoms with Crippen molar-refractivity contribution in [2.45, 2.75) is 40.2 Å². The lowest BCUT2D eigenvalue weighted by molar-refractivity contribution is -0.116. The van der Waals surface area contributed by atoms with Crippen molar-refractivity contribution in [3.05, 3.63) is 70.1 Å². The number of anilines is 1. The molecule has 31 heavy (non-hydrogen) atoms. The molecule has 3 aromatic rings. The van der Waals surface area contributed by atoms with Crippen molar-refractivity contribution >= 4 is 28.3 Å². The van der Waals surface area contributed by atoms with Gasteiger partial charge in [-0.05, 0) is 44.9 Å². The molecule has 7 nitrogen and oxygen atoms in total. The normalized spacial score (nSPS) is 11.0. The van der Waals surface area contributed by atoms with Gasteiger partial charge in [-0.2, -0.15) is 5.10 Å². The molecule has 2 aromatic carbocycles. The molecule has 3 rings (SSSR count). The molecular formula is C24H28N4O3. The molecule has 0 unspecified atom stereocenters. The molecule has 7 heteroatoms. The minimum Gasteiger partial charge on any atom is -0.328 e. The van der Waals surface area contributed by atoms with E-state index < -0.39 is 0 Å². The summed E-state index contributed by atoms with van der Waals surface area (Å²) in [5, 5.41) is 8.20. The third-order valence-electron chi connectivity index (χ3n) is 5.05. The van der Waals surface area contributed by atoms with E-state index >= 15 is 0 Å². The number of rotatable bonds is 7. The summed E-state index contributed by atoms with van der Waals surface area (Å²) in [6.07, 6.45) is 0.686. The summed E-state index contributed by atoms with van der Waals surface area (Å²) in [5.74, 6) is -0.648. The molecule has 0 saturated heterocycles. The summed E-state index contributed by atoms with van der Waals surface area (Å²) in [6, 6.07) is 14.2. The number of hydrogen-bond donors (Lipinski definition) is 1. The van der Waals surface area contributed by atoms with Gasteiger partial charge in [-0.25, -0.2) is 4.68 Å². The maximum absolute atomic E-state index is 13.5. The molecule has 0 fully saturated rings. The van der Waals surface area contributed by atoms with E-state index in [4.69, 9.17) is 0 Å². The maximum Gasteiger partial charge on any atom is 0.275 e. The lowest BCUT2D eigenvalue weighted by Gasteiger charge is -2.23. The standard InChI is InChI=1S/C24H28N4O3/c1-5-14-27(15-21(29)25-20-13-9-6-10-17(20)4)24(31)22-18-11-7-8-12-19(18)23(30)28(26-22)16(2)3/h6-13,16H,5,14-15H2,1-4H3,(H,25,29). The second kappa shape index (κ2) is 9.55. The zero-order chi connectivity index (χ0) is 22.5. The van der Waals surface area contributed by atoms with Gasteiger partial charge in [0.1, 0.15) is 6.54 Å². The third kappa shape index (κ3) is 4.82. The lowest BCUT2D eigenvalue weighted by Crippen LogP contribution is -2.40. The van der Waals surface area contributed by atoms with Crippen LogP contribution in [0.2, 0.25) is 0 Å². The average molecular weight is 421 g/mol. The molecular weight excluding hydrogens is 392 g/mol. The molecule has 1 N–H and O–H groups in total. The van der Waals surface area contributed by atoms with Crippen molar-refractivity contribution in [3.63, 3.8) is 0 Å². The first-order valence-corrected chi connectivity index (χ1v) is 10.5. The second-order valence-electron chi connectivity index (χ2n) is 7.83. The highest BCUT2D eigenvalue weighted by atomic mass is 16.2. The zero-order valence-electron chi connectivity index (χ0n) is 18.4. The minimum absolute atomic E-state index is 0.0994. The van der Waals surface area contributed by atoms with Gasteiger partial charge in [0.2, 0.25) is 5.91 Å². The fourth-order valence-electron chi connectivity index (χ4n) is 3.46. The van der Waals surface area contributed by atoms with Crippen LogP contribution >= 0.6 is 0 Å². The SMILES string of the molecule is CCCN(CC(=O)Nc1ccccc1C)C(=O)c1nn(C(C)C)c(=O)c2ccccc12. The van der Waals surface area contributed by atoms with E-state index in [0.717, 1.165) is 5.56 Å². The zero-order valence-corrected chi connectivity index (χ0v) is 18.4. The largest absolute Gasteiger partial charge is 0.328 e. The van der Waals surface area contributed by atoms with Gasteiger partial charge >= 0.3 is 0 Å². The van der Waals surface area contributed by atoms with Gasteiger partial charge in [0.15, 0.2) is 5.69 Å². The number of aromatic nitrogens is 2. The molecule has 162 valence electrons. The number of fused-ring (bicyclic) bond motifs is 1. The van der Waals surface area contributed by atoms with E-state index in [2.05, 4.69) is 10.4 Å². The summed E-state index contributed by atoms with van der Waals surface area (Å²) in [6.45, 7) is 7.85. The number of amides is 2.